The number of aryl methyl sites for hydroxylation is 2. The number of ketones is 2. The van der Waals surface area contributed by atoms with E-state index in [1.165, 1.54) is 24.2 Å². The number of carbonyl (C=O) groups excluding carboxylic acids is 2. The molecular formula is C25H25N5O2S. The predicted molar refractivity (Wildman–Crippen MR) is 129 cm³/mol. The number of nitrogens with zero attached hydrogens (tertiary/aromatic N) is 4. The fourth-order valence-electron chi connectivity index (χ4n) is 3.92. The maximum Gasteiger partial charge on any atom is 0.196 e. The van der Waals surface area contributed by atoms with Crippen molar-refractivity contribution in [3.05, 3.63) is 76.9 Å². The van der Waals surface area contributed by atoms with Crippen molar-refractivity contribution >= 4 is 23.3 Å². The molecule has 0 atom stereocenters. The fourth-order valence-corrected chi connectivity index (χ4v) is 4.75. The van der Waals surface area contributed by atoms with E-state index in [9.17, 15) is 9.59 Å². The molecule has 3 heterocycles. The van der Waals surface area contributed by atoms with Crippen LogP contribution < -0.4 is 0 Å². The molecule has 1 N–H and O–H groups in total. The van der Waals surface area contributed by atoms with Crippen LogP contribution in [0, 0.1) is 13.8 Å². The zero-order valence-corrected chi connectivity index (χ0v) is 19.9. The molecule has 0 radical (unpaired) electrons. The third-order valence-corrected chi connectivity index (χ3v) is 6.50. The van der Waals surface area contributed by atoms with Gasteiger partial charge in [-0.25, -0.2) is 0 Å². The van der Waals surface area contributed by atoms with Gasteiger partial charge in [0.25, 0.3) is 0 Å². The highest BCUT2D eigenvalue weighted by Crippen LogP contribution is 2.29. The molecular weight excluding hydrogens is 434 g/mol. The molecule has 0 amide bonds. The lowest BCUT2D eigenvalue weighted by Crippen LogP contribution is -2.07. The second-order valence-electron chi connectivity index (χ2n) is 7.79. The monoisotopic (exact) mass is 459 g/mol. The first kappa shape index (κ1) is 22.7. The smallest absolute Gasteiger partial charge is 0.196 e. The first-order valence-electron chi connectivity index (χ1n) is 10.7. The molecule has 0 saturated heterocycles. The van der Waals surface area contributed by atoms with Gasteiger partial charge in [-0.1, -0.05) is 30.8 Å². The number of aromatic nitrogens is 5. The molecule has 168 valence electrons. The Hall–Kier alpha value is -3.52. The van der Waals surface area contributed by atoms with E-state index in [-0.39, 0.29) is 17.3 Å². The number of pyridine rings is 1. The molecule has 4 rings (SSSR count). The Morgan fingerprint density at radius 1 is 1.03 bits per heavy atom. The summed E-state index contributed by atoms with van der Waals surface area (Å²) in [6.45, 7) is 7.24. The van der Waals surface area contributed by atoms with Gasteiger partial charge < -0.3 is 4.98 Å². The normalized spacial score (nSPS) is 11.0. The zero-order chi connectivity index (χ0) is 23.5. The topological polar surface area (TPSA) is 93.5 Å². The van der Waals surface area contributed by atoms with Crippen LogP contribution in [-0.2, 0) is 6.42 Å². The van der Waals surface area contributed by atoms with E-state index in [4.69, 9.17) is 0 Å². The second kappa shape index (κ2) is 9.54. The summed E-state index contributed by atoms with van der Waals surface area (Å²) in [5.74, 6) is 0.710. The van der Waals surface area contributed by atoms with Crippen molar-refractivity contribution in [3.63, 3.8) is 0 Å². The molecule has 33 heavy (non-hydrogen) atoms. The van der Waals surface area contributed by atoms with E-state index in [1.807, 2.05) is 35.8 Å². The molecule has 0 aliphatic heterocycles. The van der Waals surface area contributed by atoms with E-state index in [2.05, 4.69) is 39.2 Å². The molecule has 4 aromatic rings. The van der Waals surface area contributed by atoms with Gasteiger partial charge in [-0.15, -0.1) is 10.2 Å². The highest BCUT2D eigenvalue weighted by atomic mass is 32.2. The lowest BCUT2D eigenvalue weighted by atomic mass is 10.1. The number of nitrogens with one attached hydrogen (secondary N) is 1. The lowest BCUT2D eigenvalue weighted by Gasteiger charge is -2.11. The van der Waals surface area contributed by atoms with E-state index in [1.54, 1.807) is 19.3 Å². The maximum atomic E-state index is 13.0. The minimum absolute atomic E-state index is 0.0507. The summed E-state index contributed by atoms with van der Waals surface area (Å²) in [7, 11) is 0. The van der Waals surface area contributed by atoms with Crippen molar-refractivity contribution in [2.24, 2.45) is 0 Å². The Balaban J connectivity index is 1.67. The summed E-state index contributed by atoms with van der Waals surface area (Å²) in [6.07, 6.45) is 4.38. The van der Waals surface area contributed by atoms with Crippen LogP contribution in [0.25, 0.3) is 17.1 Å². The quantitative estimate of drug-likeness (QED) is 0.294. The lowest BCUT2D eigenvalue weighted by molar-refractivity contribution is 0.101. The number of benzene rings is 1. The van der Waals surface area contributed by atoms with E-state index >= 15 is 0 Å². The van der Waals surface area contributed by atoms with Crippen LogP contribution in [0.15, 0.2) is 53.9 Å². The number of thioether (sulfide) groups is 1. The molecule has 3 aromatic heterocycles. The molecule has 0 fully saturated rings. The van der Waals surface area contributed by atoms with Gasteiger partial charge in [-0.05, 0) is 62.6 Å². The summed E-state index contributed by atoms with van der Waals surface area (Å²) < 4.78 is 1.96. The first-order valence-corrected chi connectivity index (χ1v) is 11.7. The Bertz CT molecular complexity index is 1310. The van der Waals surface area contributed by atoms with Crippen LogP contribution in [0.5, 0.6) is 0 Å². The summed E-state index contributed by atoms with van der Waals surface area (Å²) in [6, 6.07) is 12.0. The predicted octanol–water partition coefficient (Wildman–Crippen LogP) is 5.01. The minimum atomic E-state index is -0.0885. The number of Topliss-reactive ketones (excluding diaryl/α,β-unsaturated/α-hetero) is 2. The van der Waals surface area contributed by atoms with Crippen molar-refractivity contribution < 1.29 is 9.59 Å². The Morgan fingerprint density at radius 3 is 2.33 bits per heavy atom. The summed E-state index contributed by atoms with van der Waals surface area (Å²) in [4.78, 5) is 32.1. The van der Waals surface area contributed by atoms with Gasteiger partial charge >= 0.3 is 0 Å². The highest BCUT2D eigenvalue weighted by Gasteiger charge is 2.22. The fraction of sp³-hybridized carbons (Fsp3) is 0.240. The van der Waals surface area contributed by atoms with Gasteiger partial charge in [-0.2, -0.15) is 0 Å². The number of aromatic amines is 1. The van der Waals surface area contributed by atoms with Crippen LogP contribution in [0.3, 0.4) is 0 Å². The number of H-pyrrole nitrogens is 1. The third-order valence-electron chi connectivity index (χ3n) is 5.58. The van der Waals surface area contributed by atoms with Crippen LogP contribution in [0.2, 0.25) is 0 Å². The summed E-state index contributed by atoms with van der Waals surface area (Å²) >= 11 is 1.32. The number of hydrogen-bond acceptors (Lipinski definition) is 6. The molecule has 0 bridgehead atoms. The molecule has 7 nitrogen and oxygen atoms in total. The first-order chi connectivity index (χ1) is 15.9. The molecule has 0 spiro atoms. The molecule has 8 heteroatoms. The van der Waals surface area contributed by atoms with Gasteiger partial charge in [0.1, 0.15) is 0 Å². The third kappa shape index (κ3) is 4.52. The van der Waals surface area contributed by atoms with Crippen LogP contribution in [-0.4, -0.2) is 42.1 Å². The van der Waals surface area contributed by atoms with Gasteiger partial charge in [0.2, 0.25) is 0 Å². The van der Waals surface area contributed by atoms with Crippen LogP contribution in [0.1, 0.15) is 51.5 Å². The van der Waals surface area contributed by atoms with Gasteiger partial charge in [0, 0.05) is 34.9 Å². The number of carbonyl (C=O) groups is 2. The van der Waals surface area contributed by atoms with Crippen molar-refractivity contribution in [1.29, 1.82) is 0 Å². The van der Waals surface area contributed by atoms with E-state index in [0.717, 1.165) is 17.7 Å². The average molecular weight is 460 g/mol. The van der Waals surface area contributed by atoms with E-state index in [0.29, 0.717) is 33.5 Å². The van der Waals surface area contributed by atoms with Crippen LogP contribution in [0.4, 0.5) is 0 Å². The molecule has 1 aromatic carbocycles. The highest BCUT2D eigenvalue weighted by molar-refractivity contribution is 7.99. The zero-order valence-electron chi connectivity index (χ0n) is 19.0. The van der Waals surface area contributed by atoms with E-state index < -0.39 is 0 Å². The molecule has 0 unspecified atom stereocenters. The number of rotatable bonds is 8. The standard InChI is InChI=1S/C25H25N5O2S/c1-5-18-6-8-20(9-7-18)30-24(19-10-12-26-13-11-19)28-29-25(30)33-14-21(32)23-15(2)22(17(4)31)16(3)27-23/h6-13,27H,5,14H2,1-4H3. The molecule has 0 aliphatic carbocycles. The summed E-state index contributed by atoms with van der Waals surface area (Å²) in [5, 5.41) is 9.42. The van der Waals surface area contributed by atoms with Crippen molar-refractivity contribution in [3.8, 4) is 17.1 Å². The van der Waals surface area contributed by atoms with Crippen molar-refractivity contribution in [2.45, 2.75) is 39.3 Å². The molecule has 0 saturated carbocycles. The van der Waals surface area contributed by atoms with Gasteiger partial charge in [0.05, 0.1) is 11.4 Å². The summed E-state index contributed by atoms with van der Waals surface area (Å²) in [5.41, 5.74) is 5.51. The maximum absolute atomic E-state index is 13.0. The van der Waals surface area contributed by atoms with Gasteiger partial charge in [0.15, 0.2) is 22.5 Å². The van der Waals surface area contributed by atoms with Crippen molar-refractivity contribution in [1.82, 2.24) is 24.7 Å². The Labute approximate surface area is 196 Å². The van der Waals surface area contributed by atoms with Crippen LogP contribution >= 0.6 is 11.8 Å². The van der Waals surface area contributed by atoms with Crippen molar-refractivity contribution in [2.75, 3.05) is 5.75 Å². The SMILES string of the molecule is CCc1ccc(-n2c(SCC(=O)c3[nH]c(C)c(C(C)=O)c3C)nnc2-c2ccncc2)cc1. The Morgan fingerprint density at radius 2 is 1.73 bits per heavy atom. The van der Waals surface area contributed by atoms with Gasteiger partial charge in [-0.3, -0.25) is 19.1 Å². The number of hydrogen-bond donors (Lipinski definition) is 1. The Kier molecular flexibility index (Phi) is 6.55. The largest absolute Gasteiger partial charge is 0.355 e. The average Bonchev–Trinajstić information content (AvgIpc) is 3.38. The minimum Gasteiger partial charge on any atom is -0.355 e. The second-order valence-corrected chi connectivity index (χ2v) is 8.73. The molecule has 0 aliphatic rings.